The maximum Gasteiger partial charge on any atom is 0.00930 e. The van der Waals surface area contributed by atoms with E-state index >= 15 is 0 Å². The highest BCUT2D eigenvalue weighted by Crippen LogP contribution is 2.16. The van der Waals surface area contributed by atoms with Gasteiger partial charge in [0.05, 0.1) is 0 Å². The standard InChI is InChI=1S/C11H26N2/c1-5-7-13-11(6-2)10(4)9(3)8-12/h9-11,13H,5-8,12H2,1-4H3/t9?,10-,11+/m1/s1. The molecular formula is C11H26N2. The van der Waals surface area contributed by atoms with Crippen LogP contribution in [0.2, 0.25) is 0 Å². The summed E-state index contributed by atoms with van der Waals surface area (Å²) >= 11 is 0. The first-order valence-corrected chi connectivity index (χ1v) is 5.60. The van der Waals surface area contributed by atoms with Crippen LogP contribution >= 0.6 is 0 Å². The van der Waals surface area contributed by atoms with Gasteiger partial charge in [0.1, 0.15) is 0 Å². The van der Waals surface area contributed by atoms with Crippen molar-refractivity contribution in [3.63, 3.8) is 0 Å². The van der Waals surface area contributed by atoms with Crippen molar-refractivity contribution in [1.82, 2.24) is 5.32 Å². The Labute approximate surface area is 83.3 Å². The molecular weight excluding hydrogens is 160 g/mol. The molecule has 0 radical (unpaired) electrons. The van der Waals surface area contributed by atoms with E-state index in [9.17, 15) is 0 Å². The van der Waals surface area contributed by atoms with E-state index in [1.807, 2.05) is 0 Å². The van der Waals surface area contributed by atoms with Gasteiger partial charge in [0.2, 0.25) is 0 Å². The molecule has 0 aromatic carbocycles. The van der Waals surface area contributed by atoms with Crippen LogP contribution < -0.4 is 11.1 Å². The van der Waals surface area contributed by atoms with Gasteiger partial charge in [0, 0.05) is 6.04 Å². The number of rotatable bonds is 7. The second kappa shape index (κ2) is 7.34. The van der Waals surface area contributed by atoms with Gasteiger partial charge in [-0.05, 0) is 37.8 Å². The van der Waals surface area contributed by atoms with Crippen molar-refractivity contribution in [3.05, 3.63) is 0 Å². The van der Waals surface area contributed by atoms with Crippen LogP contribution in [0.5, 0.6) is 0 Å². The van der Waals surface area contributed by atoms with Crippen molar-refractivity contribution < 1.29 is 0 Å². The van der Waals surface area contributed by atoms with Crippen LogP contribution in [0.4, 0.5) is 0 Å². The fraction of sp³-hybridized carbons (Fsp3) is 1.00. The van der Waals surface area contributed by atoms with Gasteiger partial charge in [0.25, 0.3) is 0 Å². The Morgan fingerprint density at radius 2 is 1.85 bits per heavy atom. The summed E-state index contributed by atoms with van der Waals surface area (Å²) in [6, 6.07) is 0.637. The van der Waals surface area contributed by atoms with E-state index in [2.05, 4.69) is 33.0 Å². The molecule has 2 nitrogen and oxygen atoms in total. The first kappa shape index (κ1) is 12.9. The Balaban J connectivity index is 3.90. The van der Waals surface area contributed by atoms with Crippen LogP contribution in [0.3, 0.4) is 0 Å². The summed E-state index contributed by atoms with van der Waals surface area (Å²) in [5.41, 5.74) is 5.67. The maximum atomic E-state index is 5.67. The molecule has 0 rings (SSSR count). The molecule has 2 heteroatoms. The lowest BCUT2D eigenvalue weighted by molar-refractivity contribution is 0.282. The lowest BCUT2D eigenvalue weighted by Gasteiger charge is -2.28. The minimum atomic E-state index is 0.620. The van der Waals surface area contributed by atoms with E-state index < -0.39 is 0 Å². The average molecular weight is 186 g/mol. The summed E-state index contributed by atoms with van der Waals surface area (Å²) in [5.74, 6) is 1.30. The lowest BCUT2D eigenvalue weighted by atomic mass is 9.87. The molecule has 13 heavy (non-hydrogen) atoms. The molecule has 0 aromatic rings. The average Bonchev–Trinajstić information content (AvgIpc) is 2.17. The Morgan fingerprint density at radius 1 is 1.23 bits per heavy atom. The third-order valence-corrected chi connectivity index (χ3v) is 3.00. The molecule has 0 fully saturated rings. The minimum absolute atomic E-state index is 0.620. The van der Waals surface area contributed by atoms with Gasteiger partial charge in [-0.15, -0.1) is 0 Å². The highest BCUT2D eigenvalue weighted by atomic mass is 14.9. The third kappa shape index (κ3) is 4.63. The number of nitrogens with one attached hydrogen (secondary N) is 1. The van der Waals surface area contributed by atoms with Crippen molar-refractivity contribution in [2.75, 3.05) is 13.1 Å². The summed E-state index contributed by atoms with van der Waals surface area (Å²) in [6.07, 6.45) is 2.41. The van der Waals surface area contributed by atoms with Crippen LogP contribution in [-0.4, -0.2) is 19.1 Å². The van der Waals surface area contributed by atoms with Crippen LogP contribution in [0.25, 0.3) is 0 Å². The van der Waals surface area contributed by atoms with Crippen LogP contribution in [0, 0.1) is 11.8 Å². The zero-order chi connectivity index (χ0) is 10.3. The first-order chi connectivity index (χ1) is 6.17. The third-order valence-electron chi connectivity index (χ3n) is 3.00. The summed E-state index contributed by atoms with van der Waals surface area (Å²) < 4.78 is 0. The molecule has 0 spiro atoms. The molecule has 0 saturated heterocycles. The van der Waals surface area contributed by atoms with Gasteiger partial charge < -0.3 is 11.1 Å². The molecule has 0 aliphatic heterocycles. The van der Waals surface area contributed by atoms with Gasteiger partial charge in [-0.1, -0.05) is 27.7 Å². The fourth-order valence-electron chi connectivity index (χ4n) is 1.64. The molecule has 0 amide bonds. The van der Waals surface area contributed by atoms with Gasteiger partial charge in [-0.2, -0.15) is 0 Å². The zero-order valence-corrected chi connectivity index (χ0v) is 9.64. The molecule has 1 unspecified atom stereocenters. The summed E-state index contributed by atoms with van der Waals surface area (Å²) in [5, 5.41) is 3.58. The normalized spacial score (nSPS) is 18.2. The largest absolute Gasteiger partial charge is 0.330 e. The minimum Gasteiger partial charge on any atom is -0.330 e. The smallest absolute Gasteiger partial charge is 0.00930 e. The maximum absolute atomic E-state index is 5.67. The molecule has 3 N–H and O–H groups in total. The number of nitrogens with two attached hydrogens (primary N) is 1. The molecule has 3 atom stereocenters. The van der Waals surface area contributed by atoms with Crippen molar-refractivity contribution >= 4 is 0 Å². The molecule has 0 saturated carbocycles. The first-order valence-electron chi connectivity index (χ1n) is 5.60. The molecule has 0 bridgehead atoms. The number of hydrogen-bond acceptors (Lipinski definition) is 2. The van der Waals surface area contributed by atoms with Crippen molar-refractivity contribution in [1.29, 1.82) is 0 Å². The SMILES string of the molecule is CCCN[C@@H](CC)[C@H](C)C(C)CN. The van der Waals surface area contributed by atoms with E-state index in [-0.39, 0.29) is 0 Å². The van der Waals surface area contributed by atoms with Gasteiger partial charge in [-0.25, -0.2) is 0 Å². The highest BCUT2D eigenvalue weighted by molar-refractivity contribution is 4.76. The predicted octanol–water partition coefficient (Wildman–Crippen LogP) is 2.00. The Kier molecular flexibility index (Phi) is 7.29. The number of hydrogen-bond donors (Lipinski definition) is 2. The second-order valence-corrected chi connectivity index (χ2v) is 4.04. The molecule has 0 aliphatic carbocycles. The highest BCUT2D eigenvalue weighted by Gasteiger charge is 2.19. The molecule has 0 aliphatic rings. The Hall–Kier alpha value is -0.0800. The van der Waals surface area contributed by atoms with Crippen molar-refractivity contribution in [3.8, 4) is 0 Å². The van der Waals surface area contributed by atoms with Crippen molar-refractivity contribution in [2.24, 2.45) is 17.6 Å². The van der Waals surface area contributed by atoms with Crippen molar-refractivity contribution in [2.45, 2.75) is 46.6 Å². The topological polar surface area (TPSA) is 38.0 Å². The molecule has 0 aromatic heterocycles. The van der Waals surface area contributed by atoms with Gasteiger partial charge in [0.15, 0.2) is 0 Å². The van der Waals surface area contributed by atoms with Crippen LogP contribution in [0.15, 0.2) is 0 Å². The van der Waals surface area contributed by atoms with E-state index in [0.29, 0.717) is 17.9 Å². The monoisotopic (exact) mass is 186 g/mol. The summed E-state index contributed by atoms with van der Waals surface area (Å²) in [6.45, 7) is 10.9. The van der Waals surface area contributed by atoms with Crippen LogP contribution in [0.1, 0.15) is 40.5 Å². The van der Waals surface area contributed by atoms with Gasteiger partial charge in [-0.3, -0.25) is 0 Å². The Bertz CT molecular complexity index is 115. The molecule has 80 valence electrons. The van der Waals surface area contributed by atoms with E-state index in [0.717, 1.165) is 13.1 Å². The quantitative estimate of drug-likeness (QED) is 0.638. The summed E-state index contributed by atoms with van der Waals surface area (Å²) in [7, 11) is 0. The summed E-state index contributed by atoms with van der Waals surface area (Å²) in [4.78, 5) is 0. The predicted molar refractivity (Wildman–Crippen MR) is 59.8 cm³/mol. The second-order valence-electron chi connectivity index (χ2n) is 4.04. The zero-order valence-electron chi connectivity index (χ0n) is 9.64. The lowest BCUT2D eigenvalue weighted by Crippen LogP contribution is -2.39. The van der Waals surface area contributed by atoms with E-state index in [1.165, 1.54) is 12.8 Å². The molecule has 0 heterocycles. The fourth-order valence-corrected chi connectivity index (χ4v) is 1.64. The van der Waals surface area contributed by atoms with E-state index in [1.54, 1.807) is 0 Å². The van der Waals surface area contributed by atoms with Crippen LogP contribution in [-0.2, 0) is 0 Å². The van der Waals surface area contributed by atoms with Gasteiger partial charge >= 0.3 is 0 Å². The Morgan fingerprint density at radius 3 is 2.23 bits per heavy atom. The van der Waals surface area contributed by atoms with E-state index in [4.69, 9.17) is 5.73 Å².